The normalized spacial score (nSPS) is 17.9. The molecule has 3 aromatic carbocycles. The lowest BCUT2D eigenvalue weighted by Crippen LogP contribution is -2.29. The fraction of sp³-hybridized carbons (Fsp3) is 0.185. The van der Waals surface area contributed by atoms with E-state index in [9.17, 15) is 19.1 Å². The minimum Gasteiger partial charge on any atom is -0.507 e. The summed E-state index contributed by atoms with van der Waals surface area (Å²) >= 11 is 11.9. The Morgan fingerprint density at radius 2 is 1.56 bits per heavy atom. The Kier molecular flexibility index (Phi) is 6.28. The molecule has 4 nitrogen and oxygen atoms in total. The summed E-state index contributed by atoms with van der Waals surface area (Å²) < 4.78 is 13.8. The SMILES string of the molecule is CC(C)(C)c1ccc(C2/C(=C(\O)c3ccc(Cl)cc3)C(=O)C(=O)N2c2ccc(F)c(Cl)c2)cc1. The zero-order valence-corrected chi connectivity index (χ0v) is 20.3. The van der Waals surface area contributed by atoms with Crippen LogP contribution in [0.25, 0.3) is 5.76 Å². The zero-order chi connectivity index (χ0) is 24.8. The lowest BCUT2D eigenvalue weighted by atomic mass is 9.85. The Morgan fingerprint density at radius 1 is 0.941 bits per heavy atom. The number of anilines is 1. The maximum Gasteiger partial charge on any atom is 0.300 e. The fourth-order valence-corrected chi connectivity index (χ4v) is 4.28. The number of ketones is 1. The van der Waals surface area contributed by atoms with Gasteiger partial charge in [-0.3, -0.25) is 14.5 Å². The maximum absolute atomic E-state index is 13.8. The first-order valence-corrected chi connectivity index (χ1v) is 11.4. The van der Waals surface area contributed by atoms with Crippen LogP contribution < -0.4 is 4.90 Å². The molecule has 1 N–H and O–H groups in total. The second-order valence-electron chi connectivity index (χ2n) is 9.15. The number of rotatable bonds is 3. The van der Waals surface area contributed by atoms with Crippen LogP contribution in [0.5, 0.6) is 0 Å². The summed E-state index contributed by atoms with van der Waals surface area (Å²) in [6, 6.07) is 16.7. The predicted octanol–water partition coefficient (Wildman–Crippen LogP) is 7.06. The van der Waals surface area contributed by atoms with Crippen molar-refractivity contribution in [3.05, 3.63) is 105 Å². The first-order valence-electron chi connectivity index (χ1n) is 10.6. The summed E-state index contributed by atoms with van der Waals surface area (Å²) in [6.45, 7) is 6.24. The van der Waals surface area contributed by atoms with Gasteiger partial charge in [-0.25, -0.2) is 4.39 Å². The van der Waals surface area contributed by atoms with Gasteiger partial charge in [0.05, 0.1) is 16.6 Å². The van der Waals surface area contributed by atoms with Crippen molar-refractivity contribution in [2.75, 3.05) is 4.90 Å². The topological polar surface area (TPSA) is 57.6 Å². The molecule has 0 bridgehead atoms. The molecule has 1 fully saturated rings. The highest BCUT2D eigenvalue weighted by Gasteiger charge is 2.47. The number of hydrogen-bond donors (Lipinski definition) is 1. The van der Waals surface area contributed by atoms with Gasteiger partial charge in [0.15, 0.2) is 0 Å². The molecule has 1 aliphatic rings. The van der Waals surface area contributed by atoms with Crippen molar-refractivity contribution in [3.8, 4) is 0 Å². The summed E-state index contributed by atoms with van der Waals surface area (Å²) in [4.78, 5) is 27.6. The number of carbonyl (C=O) groups is 2. The van der Waals surface area contributed by atoms with E-state index in [4.69, 9.17) is 23.2 Å². The minimum atomic E-state index is -0.939. The summed E-state index contributed by atoms with van der Waals surface area (Å²) in [5.41, 5.74) is 2.09. The predicted molar refractivity (Wildman–Crippen MR) is 133 cm³/mol. The number of Topliss-reactive ketones (excluding diaryl/α,β-unsaturated/α-hetero) is 1. The molecule has 0 saturated carbocycles. The van der Waals surface area contributed by atoms with E-state index in [0.717, 1.165) is 11.6 Å². The molecular formula is C27H22Cl2FNO3. The van der Waals surface area contributed by atoms with E-state index in [2.05, 4.69) is 20.8 Å². The summed E-state index contributed by atoms with van der Waals surface area (Å²) in [6.07, 6.45) is 0. The van der Waals surface area contributed by atoms with E-state index in [1.165, 1.54) is 17.0 Å². The molecule has 1 aliphatic heterocycles. The smallest absolute Gasteiger partial charge is 0.300 e. The third kappa shape index (κ3) is 4.33. The van der Waals surface area contributed by atoms with Gasteiger partial charge in [-0.15, -0.1) is 0 Å². The number of nitrogens with zero attached hydrogens (tertiary/aromatic N) is 1. The van der Waals surface area contributed by atoms with E-state index < -0.39 is 23.5 Å². The largest absolute Gasteiger partial charge is 0.507 e. The third-order valence-electron chi connectivity index (χ3n) is 5.84. The highest BCUT2D eigenvalue weighted by Crippen LogP contribution is 2.43. The molecule has 34 heavy (non-hydrogen) atoms. The van der Waals surface area contributed by atoms with Gasteiger partial charge in [0.1, 0.15) is 11.6 Å². The molecule has 0 aliphatic carbocycles. The number of aliphatic hydroxyl groups is 1. The number of amides is 1. The molecule has 4 rings (SSSR count). The zero-order valence-electron chi connectivity index (χ0n) is 18.8. The monoisotopic (exact) mass is 497 g/mol. The van der Waals surface area contributed by atoms with Gasteiger partial charge in [-0.2, -0.15) is 0 Å². The van der Waals surface area contributed by atoms with Crippen LogP contribution in [0, 0.1) is 5.82 Å². The molecule has 1 atom stereocenters. The van der Waals surface area contributed by atoms with Crippen LogP contribution in [0.1, 0.15) is 43.5 Å². The molecule has 174 valence electrons. The average Bonchev–Trinajstić information content (AvgIpc) is 3.06. The third-order valence-corrected chi connectivity index (χ3v) is 6.38. The Bertz CT molecular complexity index is 1310. The number of carbonyl (C=O) groups excluding carboxylic acids is 2. The first kappa shape index (κ1) is 24.0. The van der Waals surface area contributed by atoms with Crippen LogP contribution in [-0.2, 0) is 15.0 Å². The van der Waals surface area contributed by atoms with Gasteiger partial charge in [-0.1, -0.05) is 68.2 Å². The van der Waals surface area contributed by atoms with Crippen molar-refractivity contribution in [2.24, 2.45) is 0 Å². The van der Waals surface area contributed by atoms with Crippen LogP contribution in [0.4, 0.5) is 10.1 Å². The maximum atomic E-state index is 13.8. The quantitative estimate of drug-likeness (QED) is 0.239. The van der Waals surface area contributed by atoms with Crippen molar-refractivity contribution in [3.63, 3.8) is 0 Å². The highest BCUT2D eigenvalue weighted by molar-refractivity contribution is 6.51. The van der Waals surface area contributed by atoms with Gasteiger partial charge in [0, 0.05) is 16.3 Å². The van der Waals surface area contributed by atoms with Gasteiger partial charge >= 0.3 is 0 Å². The van der Waals surface area contributed by atoms with Gasteiger partial charge in [0.25, 0.3) is 11.7 Å². The average molecular weight is 498 g/mol. The molecule has 7 heteroatoms. The Labute approximate surface area is 207 Å². The van der Waals surface area contributed by atoms with Crippen LogP contribution >= 0.6 is 23.2 Å². The number of hydrogen-bond acceptors (Lipinski definition) is 3. The van der Waals surface area contributed by atoms with Crippen LogP contribution in [0.2, 0.25) is 10.0 Å². The van der Waals surface area contributed by atoms with Gasteiger partial charge < -0.3 is 5.11 Å². The van der Waals surface area contributed by atoms with E-state index in [1.807, 2.05) is 24.3 Å². The molecule has 1 unspecified atom stereocenters. The molecule has 0 aromatic heterocycles. The minimum absolute atomic E-state index is 0.0729. The van der Waals surface area contributed by atoms with Crippen molar-refractivity contribution < 1.29 is 19.1 Å². The number of halogens is 3. The lowest BCUT2D eigenvalue weighted by molar-refractivity contribution is -0.132. The molecule has 1 heterocycles. The first-order chi connectivity index (χ1) is 16.0. The number of benzene rings is 3. The van der Waals surface area contributed by atoms with Gasteiger partial charge in [-0.05, 0) is 59.0 Å². The molecule has 0 radical (unpaired) electrons. The van der Waals surface area contributed by atoms with Gasteiger partial charge in [0.2, 0.25) is 0 Å². The summed E-state index contributed by atoms with van der Waals surface area (Å²) in [5.74, 6) is -2.66. The summed E-state index contributed by atoms with van der Waals surface area (Å²) in [5, 5.41) is 11.4. The van der Waals surface area contributed by atoms with E-state index in [1.54, 1.807) is 24.3 Å². The van der Waals surface area contributed by atoms with Crippen molar-refractivity contribution in [1.29, 1.82) is 0 Å². The van der Waals surface area contributed by atoms with Crippen molar-refractivity contribution >= 4 is 46.3 Å². The van der Waals surface area contributed by atoms with Crippen LogP contribution in [0.15, 0.2) is 72.3 Å². The lowest BCUT2D eigenvalue weighted by Gasteiger charge is -2.26. The molecule has 0 spiro atoms. The summed E-state index contributed by atoms with van der Waals surface area (Å²) in [7, 11) is 0. The molecule has 1 saturated heterocycles. The number of aliphatic hydroxyl groups excluding tert-OH is 1. The fourth-order valence-electron chi connectivity index (χ4n) is 3.98. The molecule has 3 aromatic rings. The van der Waals surface area contributed by atoms with E-state index in [0.29, 0.717) is 16.1 Å². The second kappa shape index (κ2) is 8.90. The Morgan fingerprint density at radius 3 is 2.12 bits per heavy atom. The second-order valence-corrected chi connectivity index (χ2v) is 9.99. The van der Waals surface area contributed by atoms with Crippen LogP contribution in [-0.4, -0.2) is 16.8 Å². The Hall–Kier alpha value is -3.15. The Balaban J connectivity index is 1.93. The van der Waals surface area contributed by atoms with E-state index in [-0.39, 0.29) is 27.5 Å². The highest BCUT2D eigenvalue weighted by atomic mass is 35.5. The molecule has 1 amide bonds. The van der Waals surface area contributed by atoms with Crippen LogP contribution in [0.3, 0.4) is 0 Å². The van der Waals surface area contributed by atoms with E-state index >= 15 is 0 Å². The molecular weight excluding hydrogens is 476 g/mol. The standard InChI is InChI=1S/C27H22Cl2FNO3/c1-27(2,3)17-8-4-15(5-9-17)23-22(24(32)16-6-10-18(28)11-7-16)25(33)26(34)31(23)19-12-13-21(30)20(29)14-19/h4-14,23,32H,1-3H3/b24-22+. The van der Waals surface area contributed by atoms with Crippen molar-refractivity contribution in [2.45, 2.75) is 32.2 Å². The van der Waals surface area contributed by atoms with Crippen molar-refractivity contribution in [1.82, 2.24) is 0 Å².